The zero-order valence-electron chi connectivity index (χ0n) is 11.5. The quantitative estimate of drug-likeness (QED) is 0.707. The zero-order valence-corrected chi connectivity index (χ0v) is 12.3. The lowest BCUT2D eigenvalue weighted by Gasteiger charge is -2.01. The summed E-state index contributed by atoms with van der Waals surface area (Å²) in [5.41, 5.74) is 0.812. The largest absolute Gasteiger partial charge is 0.481 e. The molecule has 0 radical (unpaired) electrons. The van der Waals surface area contributed by atoms with Crippen molar-refractivity contribution in [2.75, 3.05) is 12.4 Å². The number of aromatic nitrogens is 2. The maximum Gasteiger partial charge on any atom is 0.308 e. The highest BCUT2D eigenvalue weighted by atomic mass is 32.1. The van der Waals surface area contributed by atoms with Gasteiger partial charge in [-0.25, -0.2) is 0 Å². The van der Waals surface area contributed by atoms with E-state index in [1.807, 2.05) is 12.1 Å². The fourth-order valence-electron chi connectivity index (χ4n) is 1.72. The molecular weight excluding hydrogens is 292 g/mol. The van der Waals surface area contributed by atoms with Crippen molar-refractivity contribution in [1.29, 1.82) is 0 Å². The molecule has 0 saturated heterocycles. The number of likely N-dealkylation sites (N-methyl/N-ethyl adjacent to an activating group) is 1. The number of nitrogens with zero attached hydrogens (tertiary/aromatic N) is 2. The van der Waals surface area contributed by atoms with Gasteiger partial charge in [-0.1, -0.05) is 0 Å². The molecule has 0 aliphatic carbocycles. The van der Waals surface area contributed by atoms with Gasteiger partial charge in [0.2, 0.25) is 5.91 Å². The normalized spacial score (nSPS) is 10.3. The minimum atomic E-state index is -0.827. The summed E-state index contributed by atoms with van der Waals surface area (Å²) in [5.74, 6) is -0.937. The van der Waals surface area contributed by atoms with Crippen LogP contribution in [0.5, 0.6) is 0 Å². The van der Waals surface area contributed by atoms with Crippen molar-refractivity contribution in [3.05, 3.63) is 34.3 Å². The summed E-state index contributed by atoms with van der Waals surface area (Å²) in [4.78, 5) is 23.7. The summed E-state index contributed by atoms with van der Waals surface area (Å²) < 4.78 is 1.55. The van der Waals surface area contributed by atoms with Crippen LogP contribution in [0.4, 0.5) is 5.69 Å². The molecule has 2 rings (SSSR count). The van der Waals surface area contributed by atoms with Crippen LogP contribution < -0.4 is 10.6 Å². The van der Waals surface area contributed by atoms with Crippen LogP contribution in [0, 0.1) is 0 Å². The second-order valence-electron chi connectivity index (χ2n) is 4.39. The Kier molecular flexibility index (Phi) is 4.94. The molecule has 0 aliphatic heterocycles. The number of anilines is 1. The van der Waals surface area contributed by atoms with E-state index in [1.54, 1.807) is 24.1 Å². The SMILES string of the molecule is CNC(=O)Cn1cc(NCc2ccc(CC(=O)O)s2)cn1. The predicted molar refractivity (Wildman–Crippen MR) is 79.3 cm³/mol. The molecule has 2 aromatic heterocycles. The van der Waals surface area contributed by atoms with E-state index in [-0.39, 0.29) is 18.9 Å². The Hall–Kier alpha value is -2.35. The molecule has 0 fully saturated rings. The lowest BCUT2D eigenvalue weighted by molar-refractivity contribution is -0.136. The number of hydrogen-bond donors (Lipinski definition) is 3. The highest BCUT2D eigenvalue weighted by molar-refractivity contribution is 7.12. The molecule has 0 aliphatic rings. The third-order valence-electron chi connectivity index (χ3n) is 2.73. The third-order valence-corrected chi connectivity index (χ3v) is 3.81. The number of carbonyl (C=O) groups is 2. The number of thiophene rings is 1. The van der Waals surface area contributed by atoms with Gasteiger partial charge in [0.05, 0.1) is 18.3 Å². The molecule has 0 atom stereocenters. The molecule has 112 valence electrons. The first-order valence-electron chi connectivity index (χ1n) is 6.33. The lowest BCUT2D eigenvalue weighted by atomic mass is 10.3. The Morgan fingerprint density at radius 3 is 2.86 bits per heavy atom. The standard InChI is InChI=1S/C13H16N4O3S/c1-14-12(18)8-17-7-9(5-16-17)15-6-11-3-2-10(21-11)4-13(19)20/h2-3,5,7,15H,4,6,8H2,1H3,(H,14,18)(H,19,20). The van der Waals surface area contributed by atoms with Crippen molar-refractivity contribution in [1.82, 2.24) is 15.1 Å². The maximum absolute atomic E-state index is 11.2. The van der Waals surface area contributed by atoms with Crippen LogP contribution in [0.1, 0.15) is 9.75 Å². The van der Waals surface area contributed by atoms with Crippen LogP contribution in [-0.4, -0.2) is 33.8 Å². The van der Waals surface area contributed by atoms with E-state index in [2.05, 4.69) is 15.7 Å². The summed E-state index contributed by atoms with van der Waals surface area (Å²) in [6, 6.07) is 3.73. The Morgan fingerprint density at radius 2 is 2.14 bits per heavy atom. The number of nitrogens with one attached hydrogen (secondary N) is 2. The Morgan fingerprint density at radius 1 is 1.38 bits per heavy atom. The Labute approximate surface area is 125 Å². The van der Waals surface area contributed by atoms with E-state index in [0.717, 1.165) is 15.4 Å². The van der Waals surface area contributed by atoms with Crippen LogP contribution in [0.2, 0.25) is 0 Å². The monoisotopic (exact) mass is 308 g/mol. The van der Waals surface area contributed by atoms with Gasteiger partial charge < -0.3 is 15.7 Å². The number of carboxylic acid groups (broad SMARTS) is 1. The number of amides is 1. The first-order chi connectivity index (χ1) is 10.1. The molecule has 2 aromatic rings. The van der Waals surface area contributed by atoms with Gasteiger partial charge in [0.15, 0.2) is 0 Å². The molecule has 3 N–H and O–H groups in total. The van der Waals surface area contributed by atoms with E-state index < -0.39 is 5.97 Å². The van der Waals surface area contributed by atoms with Crippen molar-refractivity contribution >= 4 is 28.9 Å². The number of aliphatic carboxylic acids is 1. The molecule has 0 unspecified atom stereocenters. The second-order valence-corrected chi connectivity index (χ2v) is 5.64. The average molecular weight is 308 g/mol. The van der Waals surface area contributed by atoms with Crippen molar-refractivity contribution < 1.29 is 14.7 Å². The molecule has 0 aromatic carbocycles. The molecule has 0 saturated carbocycles. The van der Waals surface area contributed by atoms with Gasteiger partial charge in [0, 0.05) is 29.5 Å². The number of hydrogen-bond acceptors (Lipinski definition) is 5. The van der Waals surface area contributed by atoms with Gasteiger partial charge in [0.25, 0.3) is 0 Å². The second kappa shape index (κ2) is 6.89. The minimum Gasteiger partial charge on any atom is -0.481 e. The van der Waals surface area contributed by atoms with Gasteiger partial charge >= 0.3 is 5.97 Å². The molecule has 1 amide bonds. The minimum absolute atomic E-state index is 0.0503. The Bertz CT molecular complexity index is 635. The van der Waals surface area contributed by atoms with Crippen molar-refractivity contribution in [2.24, 2.45) is 0 Å². The fourth-order valence-corrected chi connectivity index (χ4v) is 2.67. The molecule has 2 heterocycles. The molecule has 0 bridgehead atoms. The van der Waals surface area contributed by atoms with E-state index in [0.29, 0.717) is 6.54 Å². The molecule has 7 nitrogen and oxygen atoms in total. The summed E-state index contributed by atoms with van der Waals surface area (Å²) in [6.07, 6.45) is 3.45. The van der Waals surface area contributed by atoms with E-state index in [1.165, 1.54) is 11.3 Å². The molecule has 21 heavy (non-hydrogen) atoms. The van der Waals surface area contributed by atoms with Crippen LogP contribution in [0.3, 0.4) is 0 Å². The van der Waals surface area contributed by atoms with Crippen molar-refractivity contribution in [3.8, 4) is 0 Å². The first-order valence-corrected chi connectivity index (χ1v) is 7.15. The first kappa shape index (κ1) is 15.0. The van der Waals surface area contributed by atoms with Crippen molar-refractivity contribution in [2.45, 2.75) is 19.5 Å². The van der Waals surface area contributed by atoms with Gasteiger partial charge in [-0.05, 0) is 12.1 Å². The van der Waals surface area contributed by atoms with E-state index in [9.17, 15) is 9.59 Å². The molecule has 0 spiro atoms. The van der Waals surface area contributed by atoms with Crippen LogP contribution >= 0.6 is 11.3 Å². The summed E-state index contributed by atoms with van der Waals surface area (Å²) in [6.45, 7) is 0.774. The summed E-state index contributed by atoms with van der Waals surface area (Å²) >= 11 is 1.47. The van der Waals surface area contributed by atoms with Crippen LogP contribution in [-0.2, 0) is 29.1 Å². The number of rotatable bonds is 7. The van der Waals surface area contributed by atoms with Gasteiger partial charge in [-0.3, -0.25) is 14.3 Å². The Balaban J connectivity index is 1.86. The van der Waals surface area contributed by atoms with Gasteiger partial charge in [-0.2, -0.15) is 5.10 Å². The predicted octanol–water partition coefficient (Wildman–Crippen LogP) is 0.930. The van der Waals surface area contributed by atoms with Gasteiger partial charge in [-0.15, -0.1) is 11.3 Å². The number of carbonyl (C=O) groups excluding carboxylic acids is 1. The van der Waals surface area contributed by atoms with Crippen LogP contribution in [0.15, 0.2) is 24.5 Å². The summed E-state index contributed by atoms with van der Waals surface area (Å²) in [7, 11) is 1.58. The van der Waals surface area contributed by atoms with Crippen molar-refractivity contribution in [3.63, 3.8) is 0 Å². The van der Waals surface area contributed by atoms with E-state index in [4.69, 9.17) is 5.11 Å². The molecular formula is C13H16N4O3S. The molecule has 8 heteroatoms. The van der Waals surface area contributed by atoms with E-state index >= 15 is 0 Å². The zero-order chi connectivity index (χ0) is 15.2. The fraction of sp³-hybridized carbons (Fsp3) is 0.308. The third kappa shape index (κ3) is 4.60. The highest BCUT2D eigenvalue weighted by Gasteiger charge is 2.06. The highest BCUT2D eigenvalue weighted by Crippen LogP contribution is 2.18. The topological polar surface area (TPSA) is 96.2 Å². The lowest BCUT2D eigenvalue weighted by Crippen LogP contribution is -2.23. The average Bonchev–Trinajstić information content (AvgIpc) is 3.05. The van der Waals surface area contributed by atoms with Gasteiger partial charge in [0.1, 0.15) is 6.54 Å². The summed E-state index contributed by atoms with van der Waals surface area (Å²) in [5, 5.41) is 18.5. The number of carboxylic acids is 1. The van der Waals surface area contributed by atoms with Crippen LogP contribution in [0.25, 0.3) is 0 Å². The maximum atomic E-state index is 11.2. The smallest absolute Gasteiger partial charge is 0.308 e.